The lowest BCUT2D eigenvalue weighted by molar-refractivity contribution is -0.164. The van der Waals surface area contributed by atoms with Crippen molar-refractivity contribution in [2.75, 3.05) is 13.2 Å². The van der Waals surface area contributed by atoms with Gasteiger partial charge < -0.3 is 14.6 Å². The number of cyclic esters (lactones) is 1. The number of carboxylic acid groups (broad SMARTS) is 1. The van der Waals surface area contributed by atoms with Crippen LogP contribution in [0.25, 0.3) is 0 Å². The second-order valence-electron chi connectivity index (χ2n) is 9.46. The van der Waals surface area contributed by atoms with Crippen molar-refractivity contribution < 1.29 is 29.0 Å². The summed E-state index contributed by atoms with van der Waals surface area (Å²) in [5.41, 5.74) is 0.640. The molecule has 0 amide bonds. The van der Waals surface area contributed by atoms with E-state index in [0.717, 1.165) is 25.7 Å². The van der Waals surface area contributed by atoms with Crippen LogP contribution >= 0.6 is 0 Å². The summed E-state index contributed by atoms with van der Waals surface area (Å²) in [6.07, 6.45) is 9.69. The molecule has 0 aromatic carbocycles. The summed E-state index contributed by atoms with van der Waals surface area (Å²) in [7, 11) is 0. The summed E-state index contributed by atoms with van der Waals surface area (Å²) in [5, 5.41) is 10.5. The normalized spacial score (nSPS) is 33.2. The molecule has 1 heterocycles. The van der Waals surface area contributed by atoms with E-state index in [0.29, 0.717) is 42.1 Å². The summed E-state index contributed by atoms with van der Waals surface area (Å²) < 4.78 is 10.5. The predicted octanol–water partition coefficient (Wildman–Crippen LogP) is 4.60. The van der Waals surface area contributed by atoms with Gasteiger partial charge in [-0.3, -0.25) is 4.79 Å². The van der Waals surface area contributed by atoms with Gasteiger partial charge >= 0.3 is 17.9 Å². The molecule has 1 aliphatic heterocycles. The van der Waals surface area contributed by atoms with Crippen molar-refractivity contribution in [2.45, 2.75) is 66.2 Å². The molecule has 6 nitrogen and oxygen atoms in total. The van der Waals surface area contributed by atoms with Crippen LogP contribution in [0.5, 0.6) is 0 Å². The fourth-order valence-electron chi connectivity index (χ4n) is 5.80. The molecule has 4 unspecified atom stereocenters. The van der Waals surface area contributed by atoms with Crippen molar-refractivity contribution in [3.63, 3.8) is 0 Å². The molecule has 0 aromatic heterocycles. The monoisotopic (exact) mass is 430 g/mol. The number of carboxylic acids is 1. The van der Waals surface area contributed by atoms with Gasteiger partial charge in [-0.25, -0.2) is 9.59 Å². The highest BCUT2D eigenvalue weighted by Crippen LogP contribution is 2.62. The van der Waals surface area contributed by atoms with Crippen LogP contribution in [-0.2, 0) is 23.9 Å². The van der Waals surface area contributed by atoms with Crippen LogP contribution in [0, 0.1) is 22.7 Å². The number of rotatable bonds is 7. The maximum Gasteiger partial charge on any atom is 0.334 e. The van der Waals surface area contributed by atoms with Crippen molar-refractivity contribution in [1.29, 1.82) is 0 Å². The van der Waals surface area contributed by atoms with E-state index in [1.165, 1.54) is 0 Å². The number of allylic oxidation sites excluding steroid dienone is 2. The molecule has 3 aliphatic rings. The average Bonchev–Trinajstić information content (AvgIpc) is 3.17. The Morgan fingerprint density at radius 3 is 2.68 bits per heavy atom. The molecule has 0 saturated heterocycles. The molecule has 1 fully saturated rings. The van der Waals surface area contributed by atoms with Crippen molar-refractivity contribution in [1.82, 2.24) is 0 Å². The summed E-state index contributed by atoms with van der Waals surface area (Å²) in [4.78, 5) is 36.9. The molecule has 31 heavy (non-hydrogen) atoms. The lowest BCUT2D eigenvalue weighted by Crippen LogP contribution is -2.55. The van der Waals surface area contributed by atoms with E-state index in [9.17, 15) is 19.5 Å². The Morgan fingerprint density at radius 2 is 2.06 bits per heavy atom. The minimum absolute atomic E-state index is 0.00868. The molecule has 3 rings (SSSR count). The van der Waals surface area contributed by atoms with E-state index in [1.54, 1.807) is 19.9 Å². The van der Waals surface area contributed by atoms with E-state index in [1.807, 2.05) is 12.2 Å². The van der Waals surface area contributed by atoms with Crippen molar-refractivity contribution >= 4 is 17.9 Å². The fourth-order valence-corrected chi connectivity index (χ4v) is 5.80. The first-order valence-corrected chi connectivity index (χ1v) is 11.3. The first kappa shape index (κ1) is 23.3. The molecular weight excluding hydrogens is 396 g/mol. The number of hydrogen-bond donors (Lipinski definition) is 1. The van der Waals surface area contributed by atoms with E-state index in [2.05, 4.69) is 13.8 Å². The minimum atomic E-state index is -1.03. The van der Waals surface area contributed by atoms with Gasteiger partial charge in [-0.2, -0.15) is 0 Å². The third kappa shape index (κ3) is 4.09. The zero-order valence-corrected chi connectivity index (χ0v) is 19.0. The number of hydrogen-bond acceptors (Lipinski definition) is 5. The second kappa shape index (κ2) is 9.01. The van der Waals surface area contributed by atoms with E-state index in [-0.39, 0.29) is 23.9 Å². The van der Waals surface area contributed by atoms with Crippen LogP contribution in [0.4, 0.5) is 0 Å². The van der Waals surface area contributed by atoms with Crippen LogP contribution < -0.4 is 0 Å². The molecule has 1 N–H and O–H groups in total. The van der Waals surface area contributed by atoms with Crippen LogP contribution in [-0.4, -0.2) is 36.2 Å². The summed E-state index contributed by atoms with van der Waals surface area (Å²) >= 11 is 0. The minimum Gasteiger partial charge on any atom is -0.481 e. The number of ether oxygens (including phenoxy) is 2. The molecule has 4 atom stereocenters. The standard InChI is InChI=1S/C25H34O6/c1-5-16(2)21(26)31-15-19-7-6-8-20-24(4,12-10-18-11-14-30-22(18)27)17(3)9-13-25(19,20)23(28)29/h5,7,11,17,20H,6,8-10,12-15H2,1-4H3,(H,28,29). The SMILES string of the molecule is CC=C(C)C(=O)OCC1=CCCC2C1(C(=O)O)CCC(C)C2(C)CCC1=CCOC1=O. The first-order valence-electron chi connectivity index (χ1n) is 11.3. The Kier molecular flexibility index (Phi) is 6.77. The van der Waals surface area contributed by atoms with Crippen molar-refractivity contribution in [3.05, 3.63) is 34.9 Å². The lowest BCUT2D eigenvalue weighted by Gasteiger charge is -2.57. The maximum absolute atomic E-state index is 12.8. The Bertz CT molecular complexity index is 850. The largest absolute Gasteiger partial charge is 0.481 e. The van der Waals surface area contributed by atoms with Crippen LogP contribution in [0.15, 0.2) is 34.9 Å². The van der Waals surface area contributed by atoms with E-state index >= 15 is 0 Å². The lowest BCUT2D eigenvalue weighted by atomic mass is 9.46. The van der Waals surface area contributed by atoms with Crippen molar-refractivity contribution in [2.24, 2.45) is 22.7 Å². The molecule has 2 aliphatic carbocycles. The van der Waals surface area contributed by atoms with Gasteiger partial charge in [-0.05, 0) is 81.3 Å². The van der Waals surface area contributed by atoms with Gasteiger partial charge in [0.1, 0.15) is 13.2 Å². The molecule has 0 bridgehead atoms. The van der Waals surface area contributed by atoms with E-state index < -0.39 is 17.4 Å². The summed E-state index contributed by atoms with van der Waals surface area (Å²) in [5.74, 6) is -1.26. The molecule has 0 spiro atoms. The number of carbonyl (C=O) groups excluding carboxylic acids is 2. The van der Waals surface area contributed by atoms with Crippen LogP contribution in [0.3, 0.4) is 0 Å². The predicted molar refractivity (Wildman–Crippen MR) is 116 cm³/mol. The van der Waals surface area contributed by atoms with E-state index in [4.69, 9.17) is 9.47 Å². The Hall–Kier alpha value is -2.37. The fraction of sp³-hybridized carbons (Fsp3) is 0.640. The smallest absolute Gasteiger partial charge is 0.334 e. The van der Waals surface area contributed by atoms with Gasteiger partial charge in [0.2, 0.25) is 0 Å². The number of carbonyl (C=O) groups is 3. The van der Waals surface area contributed by atoms with Gasteiger partial charge in [-0.1, -0.05) is 26.0 Å². The van der Waals surface area contributed by atoms with Crippen LogP contribution in [0.1, 0.15) is 66.2 Å². The third-order valence-electron chi connectivity index (χ3n) is 8.14. The van der Waals surface area contributed by atoms with Gasteiger partial charge in [0.15, 0.2) is 0 Å². The Morgan fingerprint density at radius 1 is 1.32 bits per heavy atom. The van der Waals surface area contributed by atoms with Gasteiger partial charge in [0.05, 0.1) is 5.41 Å². The van der Waals surface area contributed by atoms with Gasteiger partial charge in [0.25, 0.3) is 0 Å². The molecule has 0 radical (unpaired) electrons. The molecular formula is C25H34O6. The summed E-state index contributed by atoms with van der Waals surface area (Å²) in [6.45, 7) is 8.17. The maximum atomic E-state index is 12.8. The quantitative estimate of drug-likeness (QED) is 0.361. The molecule has 1 saturated carbocycles. The number of aliphatic carboxylic acids is 1. The Labute approximate surface area is 184 Å². The molecule has 6 heteroatoms. The first-order chi connectivity index (χ1) is 14.7. The summed E-state index contributed by atoms with van der Waals surface area (Å²) in [6, 6.07) is 0. The second-order valence-corrected chi connectivity index (χ2v) is 9.46. The van der Waals surface area contributed by atoms with Gasteiger partial charge in [-0.15, -0.1) is 0 Å². The topological polar surface area (TPSA) is 89.9 Å². The van der Waals surface area contributed by atoms with Crippen molar-refractivity contribution in [3.8, 4) is 0 Å². The zero-order valence-electron chi connectivity index (χ0n) is 19.0. The zero-order chi connectivity index (χ0) is 22.8. The number of esters is 2. The molecule has 170 valence electrons. The highest BCUT2D eigenvalue weighted by Gasteiger charge is 2.60. The van der Waals surface area contributed by atoms with Gasteiger partial charge in [0, 0.05) is 11.1 Å². The highest BCUT2D eigenvalue weighted by molar-refractivity contribution is 5.90. The highest BCUT2D eigenvalue weighted by atomic mass is 16.5. The Balaban J connectivity index is 1.88. The molecule has 0 aromatic rings. The third-order valence-corrected chi connectivity index (χ3v) is 8.14. The number of fused-ring (bicyclic) bond motifs is 1. The van der Waals surface area contributed by atoms with Crippen LogP contribution in [0.2, 0.25) is 0 Å². The average molecular weight is 431 g/mol.